The van der Waals surface area contributed by atoms with Crippen LogP contribution in [0.25, 0.3) is 5.69 Å². The van der Waals surface area contributed by atoms with Gasteiger partial charge in [-0.1, -0.05) is 23.7 Å². The van der Waals surface area contributed by atoms with Gasteiger partial charge in [0.2, 0.25) is 5.91 Å². The van der Waals surface area contributed by atoms with Crippen LogP contribution in [-0.4, -0.2) is 39.7 Å². The molecular formula is C21H22ClN5O3. The fourth-order valence-electron chi connectivity index (χ4n) is 2.84. The number of carbonyl (C=O) groups is 2. The van der Waals surface area contributed by atoms with E-state index in [4.69, 9.17) is 16.3 Å². The molecule has 0 atom stereocenters. The molecule has 0 saturated carbocycles. The van der Waals surface area contributed by atoms with Crippen LogP contribution in [0, 0.1) is 0 Å². The monoisotopic (exact) mass is 427 g/mol. The number of hydrogen-bond donors (Lipinski definition) is 2. The smallest absolute Gasteiger partial charge is 0.255 e. The molecule has 1 heterocycles. The minimum Gasteiger partial charge on any atom is -0.493 e. The van der Waals surface area contributed by atoms with Gasteiger partial charge in [0.05, 0.1) is 23.5 Å². The lowest BCUT2D eigenvalue weighted by atomic mass is 10.2. The summed E-state index contributed by atoms with van der Waals surface area (Å²) in [7, 11) is 0. The first-order valence-electron chi connectivity index (χ1n) is 9.53. The first-order valence-corrected chi connectivity index (χ1v) is 9.90. The van der Waals surface area contributed by atoms with Crippen LogP contribution in [0.1, 0.15) is 30.1 Å². The molecule has 9 heteroatoms. The summed E-state index contributed by atoms with van der Waals surface area (Å²) in [5, 5.41) is 10.2. The Morgan fingerprint density at radius 3 is 2.80 bits per heavy atom. The van der Waals surface area contributed by atoms with Crippen LogP contribution in [0.2, 0.25) is 5.02 Å². The van der Waals surface area contributed by atoms with E-state index in [-0.39, 0.29) is 18.2 Å². The predicted molar refractivity (Wildman–Crippen MR) is 114 cm³/mol. The maximum Gasteiger partial charge on any atom is 0.255 e. The molecule has 0 spiro atoms. The molecule has 0 aliphatic heterocycles. The maximum absolute atomic E-state index is 12.4. The van der Waals surface area contributed by atoms with Gasteiger partial charge in [-0.05, 0) is 43.7 Å². The van der Waals surface area contributed by atoms with Gasteiger partial charge in [0, 0.05) is 18.0 Å². The lowest BCUT2D eigenvalue weighted by Gasteiger charge is -2.12. The van der Waals surface area contributed by atoms with Crippen LogP contribution in [0.3, 0.4) is 0 Å². The summed E-state index contributed by atoms with van der Waals surface area (Å²) in [6.45, 7) is 2.70. The van der Waals surface area contributed by atoms with Crippen molar-refractivity contribution >= 4 is 29.1 Å². The molecule has 2 aromatic carbocycles. The van der Waals surface area contributed by atoms with Gasteiger partial charge in [-0.3, -0.25) is 9.59 Å². The van der Waals surface area contributed by atoms with Crippen molar-refractivity contribution in [2.24, 2.45) is 0 Å². The van der Waals surface area contributed by atoms with E-state index in [9.17, 15) is 9.59 Å². The fraction of sp³-hybridized carbons (Fsp3) is 0.238. The summed E-state index contributed by atoms with van der Waals surface area (Å²) in [6, 6.07) is 12.2. The molecule has 156 valence electrons. The number of benzene rings is 2. The minimum atomic E-state index is -0.234. The summed E-state index contributed by atoms with van der Waals surface area (Å²) in [6.07, 6.45) is 3.66. The molecule has 0 saturated heterocycles. The van der Waals surface area contributed by atoms with E-state index in [1.807, 2.05) is 13.0 Å². The van der Waals surface area contributed by atoms with Crippen LogP contribution < -0.4 is 15.4 Å². The zero-order chi connectivity index (χ0) is 21.3. The molecule has 0 unspecified atom stereocenters. The number of anilines is 1. The van der Waals surface area contributed by atoms with Gasteiger partial charge in [0.15, 0.2) is 0 Å². The number of halogens is 1. The SMILES string of the molecule is CCOc1ccccc1C(=O)NCCCC(=O)Nc1cc(Cl)ccc1-n1cncn1. The maximum atomic E-state index is 12.4. The standard InChI is InChI=1S/C21H22ClN5O3/c1-2-30-19-7-4-3-6-16(19)21(29)24-11-5-8-20(28)26-17-12-15(22)9-10-18(17)27-14-23-13-25-27/h3-4,6-7,9-10,12-14H,2,5,8,11H2,1H3,(H,24,29)(H,26,28). The van der Waals surface area contributed by atoms with Crippen LogP contribution in [-0.2, 0) is 4.79 Å². The second kappa shape index (κ2) is 10.4. The molecule has 8 nitrogen and oxygen atoms in total. The highest BCUT2D eigenvalue weighted by atomic mass is 35.5. The van der Waals surface area contributed by atoms with Gasteiger partial charge in [0.25, 0.3) is 5.91 Å². The molecule has 0 radical (unpaired) electrons. The van der Waals surface area contributed by atoms with Gasteiger partial charge in [-0.2, -0.15) is 5.10 Å². The second-order valence-electron chi connectivity index (χ2n) is 6.34. The number of nitrogens with zero attached hydrogens (tertiary/aromatic N) is 3. The predicted octanol–water partition coefficient (Wildman–Crippen LogP) is 3.47. The average molecular weight is 428 g/mol. The third kappa shape index (κ3) is 5.57. The van der Waals surface area contributed by atoms with Crippen molar-refractivity contribution in [3.63, 3.8) is 0 Å². The van der Waals surface area contributed by atoms with Crippen molar-refractivity contribution in [3.8, 4) is 11.4 Å². The van der Waals surface area contributed by atoms with Crippen molar-refractivity contribution in [2.75, 3.05) is 18.5 Å². The highest BCUT2D eigenvalue weighted by Gasteiger charge is 2.13. The average Bonchev–Trinajstić information content (AvgIpc) is 3.26. The van der Waals surface area contributed by atoms with E-state index in [2.05, 4.69) is 20.7 Å². The second-order valence-corrected chi connectivity index (χ2v) is 6.77. The largest absolute Gasteiger partial charge is 0.493 e. The zero-order valence-corrected chi connectivity index (χ0v) is 17.2. The molecule has 3 aromatic rings. The van der Waals surface area contributed by atoms with Crippen LogP contribution in [0.4, 0.5) is 5.69 Å². The molecule has 2 N–H and O–H groups in total. The van der Waals surface area contributed by atoms with E-state index in [0.717, 1.165) is 0 Å². The van der Waals surface area contributed by atoms with Crippen molar-refractivity contribution in [1.82, 2.24) is 20.1 Å². The van der Waals surface area contributed by atoms with E-state index in [0.29, 0.717) is 47.3 Å². The normalized spacial score (nSPS) is 10.5. The highest BCUT2D eigenvalue weighted by molar-refractivity contribution is 6.31. The number of nitrogens with one attached hydrogen (secondary N) is 2. The van der Waals surface area contributed by atoms with Gasteiger partial charge in [-0.25, -0.2) is 9.67 Å². The number of carbonyl (C=O) groups excluding carboxylic acids is 2. The van der Waals surface area contributed by atoms with Gasteiger partial charge in [-0.15, -0.1) is 0 Å². The molecular weight excluding hydrogens is 406 g/mol. The van der Waals surface area contributed by atoms with E-state index in [1.54, 1.807) is 41.1 Å². The number of amides is 2. The number of para-hydroxylation sites is 1. The van der Waals surface area contributed by atoms with Crippen molar-refractivity contribution < 1.29 is 14.3 Å². The molecule has 30 heavy (non-hydrogen) atoms. The number of aromatic nitrogens is 3. The van der Waals surface area contributed by atoms with Gasteiger partial charge in [0.1, 0.15) is 18.4 Å². The van der Waals surface area contributed by atoms with Crippen LogP contribution in [0.15, 0.2) is 55.1 Å². The van der Waals surface area contributed by atoms with E-state index in [1.165, 1.54) is 12.7 Å². The molecule has 0 aliphatic carbocycles. The quantitative estimate of drug-likeness (QED) is 0.509. The van der Waals surface area contributed by atoms with Gasteiger partial charge >= 0.3 is 0 Å². The first kappa shape index (κ1) is 21.3. The Kier molecular flexibility index (Phi) is 7.40. The van der Waals surface area contributed by atoms with Crippen molar-refractivity contribution in [3.05, 3.63) is 65.7 Å². The summed E-state index contributed by atoms with van der Waals surface area (Å²) >= 11 is 6.06. The third-order valence-electron chi connectivity index (χ3n) is 4.20. The Morgan fingerprint density at radius 1 is 1.20 bits per heavy atom. The molecule has 0 aliphatic rings. The summed E-state index contributed by atoms with van der Waals surface area (Å²) < 4.78 is 7.02. The Hall–Kier alpha value is -3.39. The van der Waals surface area contributed by atoms with Crippen LogP contribution in [0.5, 0.6) is 5.75 Å². The summed E-state index contributed by atoms with van der Waals surface area (Å²) in [5.74, 6) is 0.113. The first-order chi connectivity index (χ1) is 14.6. The molecule has 3 rings (SSSR count). The van der Waals surface area contributed by atoms with Gasteiger partial charge < -0.3 is 15.4 Å². The molecule has 0 bridgehead atoms. The number of hydrogen-bond acceptors (Lipinski definition) is 5. The lowest BCUT2D eigenvalue weighted by molar-refractivity contribution is -0.116. The third-order valence-corrected chi connectivity index (χ3v) is 4.43. The number of rotatable bonds is 9. The lowest BCUT2D eigenvalue weighted by Crippen LogP contribution is -2.26. The Labute approximate surface area is 179 Å². The zero-order valence-electron chi connectivity index (χ0n) is 16.5. The van der Waals surface area contributed by atoms with Crippen LogP contribution >= 0.6 is 11.6 Å². The summed E-state index contributed by atoms with van der Waals surface area (Å²) in [5.41, 5.74) is 1.67. The Bertz CT molecular complexity index is 1010. The fourth-order valence-corrected chi connectivity index (χ4v) is 3.01. The molecule has 0 fully saturated rings. The molecule has 1 aromatic heterocycles. The number of ether oxygens (including phenoxy) is 1. The Balaban J connectivity index is 1.52. The Morgan fingerprint density at radius 2 is 2.03 bits per heavy atom. The van der Waals surface area contributed by atoms with E-state index >= 15 is 0 Å². The molecule has 2 amide bonds. The highest BCUT2D eigenvalue weighted by Crippen LogP contribution is 2.24. The topological polar surface area (TPSA) is 98.1 Å². The van der Waals surface area contributed by atoms with Crippen molar-refractivity contribution in [2.45, 2.75) is 19.8 Å². The minimum absolute atomic E-state index is 0.192. The van der Waals surface area contributed by atoms with E-state index < -0.39 is 0 Å². The summed E-state index contributed by atoms with van der Waals surface area (Å²) in [4.78, 5) is 28.7. The van der Waals surface area contributed by atoms with Crippen molar-refractivity contribution in [1.29, 1.82) is 0 Å².